The predicted octanol–water partition coefficient (Wildman–Crippen LogP) is -0.191. The number of nitrogens with one attached hydrogen (secondary N) is 2. The number of aromatic amines is 1. The standard InChI is InChI=1S/C10H10ClN9O/c11-7-6-8(14-4-13-6)16-10(15-7)17-9(21)5-3-20(2-1-12)19-18-5/h3-4H,1-2,12H2,(H2,13,14,15,16,17,21). The van der Waals surface area contributed by atoms with E-state index in [-0.39, 0.29) is 16.8 Å². The van der Waals surface area contributed by atoms with Crippen molar-refractivity contribution in [3.63, 3.8) is 0 Å². The molecule has 108 valence electrons. The van der Waals surface area contributed by atoms with Gasteiger partial charge in [0.2, 0.25) is 5.95 Å². The lowest BCUT2D eigenvalue weighted by Crippen LogP contribution is -2.15. The van der Waals surface area contributed by atoms with Crippen LogP contribution in [0.1, 0.15) is 10.5 Å². The highest BCUT2D eigenvalue weighted by Crippen LogP contribution is 2.18. The minimum Gasteiger partial charge on any atom is -0.341 e. The number of H-pyrrole nitrogens is 1. The first-order valence-electron chi connectivity index (χ1n) is 5.95. The van der Waals surface area contributed by atoms with Crippen molar-refractivity contribution in [1.82, 2.24) is 34.9 Å². The van der Waals surface area contributed by atoms with Gasteiger partial charge in [-0.05, 0) is 0 Å². The number of halogens is 1. The van der Waals surface area contributed by atoms with Gasteiger partial charge in [-0.1, -0.05) is 16.8 Å². The Morgan fingerprint density at radius 2 is 2.33 bits per heavy atom. The summed E-state index contributed by atoms with van der Waals surface area (Å²) in [4.78, 5) is 26.8. The number of carbonyl (C=O) groups excluding carboxylic acids is 1. The Hall–Kier alpha value is -2.59. The Morgan fingerprint density at radius 3 is 3.14 bits per heavy atom. The van der Waals surface area contributed by atoms with E-state index < -0.39 is 5.91 Å². The van der Waals surface area contributed by atoms with E-state index in [1.165, 1.54) is 17.2 Å². The monoisotopic (exact) mass is 307 g/mol. The maximum Gasteiger partial charge on any atom is 0.280 e. The van der Waals surface area contributed by atoms with Crippen LogP contribution < -0.4 is 11.1 Å². The summed E-state index contributed by atoms with van der Waals surface area (Å²) in [6.07, 6.45) is 2.92. The first kappa shape index (κ1) is 13.4. The van der Waals surface area contributed by atoms with Crippen molar-refractivity contribution in [2.24, 2.45) is 5.73 Å². The zero-order valence-electron chi connectivity index (χ0n) is 10.6. The molecule has 3 aromatic heterocycles. The van der Waals surface area contributed by atoms with Crippen molar-refractivity contribution in [3.05, 3.63) is 23.4 Å². The van der Waals surface area contributed by atoms with Crippen LogP contribution >= 0.6 is 11.6 Å². The third-order valence-electron chi connectivity index (χ3n) is 2.60. The Kier molecular flexibility index (Phi) is 3.46. The second-order valence-corrected chi connectivity index (χ2v) is 4.41. The topological polar surface area (TPSA) is 140 Å². The van der Waals surface area contributed by atoms with E-state index in [9.17, 15) is 4.79 Å². The molecule has 0 aliphatic heterocycles. The molecule has 0 saturated carbocycles. The van der Waals surface area contributed by atoms with Crippen molar-refractivity contribution in [2.75, 3.05) is 11.9 Å². The van der Waals surface area contributed by atoms with Crippen LogP contribution in [-0.4, -0.2) is 47.4 Å². The average molecular weight is 308 g/mol. The van der Waals surface area contributed by atoms with Gasteiger partial charge in [0.15, 0.2) is 16.5 Å². The molecular weight excluding hydrogens is 298 g/mol. The van der Waals surface area contributed by atoms with Gasteiger partial charge in [-0.2, -0.15) is 9.97 Å². The molecule has 0 saturated heterocycles. The Balaban J connectivity index is 1.81. The van der Waals surface area contributed by atoms with Crippen molar-refractivity contribution in [2.45, 2.75) is 6.54 Å². The molecule has 0 spiro atoms. The summed E-state index contributed by atoms with van der Waals surface area (Å²) in [5.41, 5.74) is 6.39. The molecule has 3 aromatic rings. The number of aromatic nitrogens is 7. The van der Waals surface area contributed by atoms with Crippen molar-refractivity contribution in [3.8, 4) is 0 Å². The smallest absolute Gasteiger partial charge is 0.280 e. The molecule has 0 fully saturated rings. The van der Waals surface area contributed by atoms with E-state index >= 15 is 0 Å². The number of nitrogens with zero attached hydrogens (tertiary/aromatic N) is 6. The van der Waals surface area contributed by atoms with Gasteiger partial charge in [0.05, 0.1) is 19.1 Å². The van der Waals surface area contributed by atoms with Gasteiger partial charge in [-0.25, -0.2) is 4.98 Å². The summed E-state index contributed by atoms with van der Waals surface area (Å²) < 4.78 is 1.47. The molecule has 10 nitrogen and oxygen atoms in total. The third-order valence-corrected chi connectivity index (χ3v) is 2.87. The molecule has 11 heteroatoms. The van der Waals surface area contributed by atoms with Gasteiger partial charge in [0.25, 0.3) is 5.91 Å². The summed E-state index contributed by atoms with van der Waals surface area (Å²) >= 11 is 5.96. The van der Waals surface area contributed by atoms with Crippen LogP contribution in [0.3, 0.4) is 0 Å². The highest BCUT2D eigenvalue weighted by Gasteiger charge is 2.14. The van der Waals surface area contributed by atoms with Gasteiger partial charge in [0.1, 0.15) is 5.52 Å². The van der Waals surface area contributed by atoms with Gasteiger partial charge in [0, 0.05) is 6.54 Å². The number of carbonyl (C=O) groups is 1. The average Bonchev–Trinajstić information content (AvgIpc) is 3.08. The molecule has 0 radical (unpaired) electrons. The molecule has 0 aliphatic carbocycles. The predicted molar refractivity (Wildman–Crippen MR) is 73.7 cm³/mol. The van der Waals surface area contributed by atoms with E-state index in [2.05, 4.69) is 35.6 Å². The Labute approximate surface area is 122 Å². The molecular formula is C10H10ClN9O. The molecule has 0 aromatic carbocycles. The minimum atomic E-state index is -0.496. The molecule has 0 bridgehead atoms. The number of anilines is 1. The minimum absolute atomic E-state index is 0.0398. The quantitative estimate of drug-likeness (QED) is 0.567. The molecule has 0 unspecified atom stereocenters. The second-order valence-electron chi connectivity index (χ2n) is 4.05. The lowest BCUT2D eigenvalue weighted by atomic mass is 10.4. The first-order chi connectivity index (χ1) is 10.2. The molecule has 4 N–H and O–H groups in total. The van der Waals surface area contributed by atoms with E-state index in [0.717, 1.165) is 0 Å². The van der Waals surface area contributed by atoms with Crippen LogP contribution in [0.15, 0.2) is 12.5 Å². The summed E-state index contributed by atoms with van der Waals surface area (Å²) in [5, 5.41) is 10.2. The molecule has 21 heavy (non-hydrogen) atoms. The lowest BCUT2D eigenvalue weighted by Gasteiger charge is -2.01. The number of imidazole rings is 1. The molecule has 3 heterocycles. The fourth-order valence-corrected chi connectivity index (χ4v) is 1.88. The number of amides is 1. The zero-order chi connectivity index (χ0) is 14.8. The summed E-state index contributed by atoms with van der Waals surface area (Å²) in [6, 6.07) is 0. The number of fused-ring (bicyclic) bond motifs is 1. The molecule has 0 aliphatic rings. The Bertz CT molecular complexity index is 795. The van der Waals surface area contributed by atoms with Gasteiger partial charge in [-0.3, -0.25) is 14.8 Å². The van der Waals surface area contributed by atoms with Crippen molar-refractivity contribution in [1.29, 1.82) is 0 Å². The molecule has 0 atom stereocenters. The van der Waals surface area contributed by atoms with Crippen LogP contribution in [0.5, 0.6) is 0 Å². The lowest BCUT2D eigenvalue weighted by molar-refractivity contribution is 0.102. The fourth-order valence-electron chi connectivity index (χ4n) is 1.66. The van der Waals surface area contributed by atoms with Crippen LogP contribution in [0.4, 0.5) is 5.95 Å². The SMILES string of the molecule is NCCn1cc(C(=O)Nc2nc(Cl)c3[nH]cnc3n2)nn1. The zero-order valence-corrected chi connectivity index (χ0v) is 11.4. The van der Waals surface area contributed by atoms with Crippen LogP contribution in [-0.2, 0) is 6.54 Å². The van der Waals surface area contributed by atoms with Gasteiger partial charge in [-0.15, -0.1) is 5.10 Å². The number of hydrogen-bond acceptors (Lipinski definition) is 7. The van der Waals surface area contributed by atoms with Crippen LogP contribution in [0.25, 0.3) is 11.2 Å². The number of hydrogen-bond donors (Lipinski definition) is 3. The maximum atomic E-state index is 12.0. The largest absolute Gasteiger partial charge is 0.341 e. The summed E-state index contributed by atoms with van der Waals surface area (Å²) in [7, 11) is 0. The van der Waals surface area contributed by atoms with Crippen molar-refractivity contribution >= 4 is 34.6 Å². The maximum absolute atomic E-state index is 12.0. The van der Waals surface area contributed by atoms with Gasteiger partial charge >= 0.3 is 0 Å². The highest BCUT2D eigenvalue weighted by molar-refractivity contribution is 6.33. The van der Waals surface area contributed by atoms with E-state index in [1.54, 1.807) is 0 Å². The number of nitrogens with two attached hydrogens (primary N) is 1. The summed E-state index contributed by atoms with van der Waals surface area (Å²) in [5.74, 6) is -0.456. The molecule has 3 rings (SSSR count). The first-order valence-corrected chi connectivity index (χ1v) is 6.33. The number of rotatable bonds is 4. The van der Waals surface area contributed by atoms with E-state index in [1.807, 2.05) is 0 Å². The highest BCUT2D eigenvalue weighted by atomic mass is 35.5. The third kappa shape index (κ3) is 2.66. The Morgan fingerprint density at radius 1 is 1.48 bits per heavy atom. The second kappa shape index (κ2) is 5.42. The fraction of sp³-hybridized carbons (Fsp3) is 0.200. The van der Waals surface area contributed by atoms with Crippen LogP contribution in [0.2, 0.25) is 5.15 Å². The normalized spacial score (nSPS) is 11.0. The molecule has 1 amide bonds. The van der Waals surface area contributed by atoms with Crippen molar-refractivity contribution < 1.29 is 4.79 Å². The van der Waals surface area contributed by atoms with E-state index in [4.69, 9.17) is 17.3 Å². The summed E-state index contributed by atoms with van der Waals surface area (Å²) in [6.45, 7) is 0.876. The van der Waals surface area contributed by atoms with Crippen LogP contribution in [0, 0.1) is 0 Å². The van der Waals surface area contributed by atoms with Gasteiger partial charge < -0.3 is 10.7 Å². The van der Waals surface area contributed by atoms with E-state index in [0.29, 0.717) is 24.3 Å².